The maximum absolute atomic E-state index is 11.8. The van der Waals surface area contributed by atoms with Crippen molar-refractivity contribution < 1.29 is 4.79 Å². The van der Waals surface area contributed by atoms with Gasteiger partial charge in [-0.3, -0.25) is 14.7 Å². The fourth-order valence-corrected chi connectivity index (χ4v) is 2.70. The van der Waals surface area contributed by atoms with Gasteiger partial charge in [-0.1, -0.05) is 6.07 Å². The molecule has 1 atom stereocenters. The van der Waals surface area contributed by atoms with Gasteiger partial charge in [0.2, 0.25) is 5.91 Å². The lowest BCUT2D eigenvalue weighted by atomic mass is 10.1. The van der Waals surface area contributed by atoms with Crippen LogP contribution in [0.4, 0.5) is 0 Å². The normalized spacial score (nSPS) is 24.1. The molecule has 1 aromatic heterocycles. The Bertz CT molecular complexity index is 430. The molecule has 1 unspecified atom stereocenters. The molecule has 3 rings (SSSR count). The molecule has 0 radical (unpaired) electrons. The van der Waals surface area contributed by atoms with E-state index >= 15 is 0 Å². The Morgan fingerprint density at radius 3 is 3.00 bits per heavy atom. The fourth-order valence-electron chi connectivity index (χ4n) is 2.70. The van der Waals surface area contributed by atoms with Crippen LogP contribution in [0.2, 0.25) is 0 Å². The second-order valence-corrected chi connectivity index (χ2v) is 5.68. The molecule has 1 aliphatic heterocycles. The number of nitrogens with one attached hydrogen (secondary N) is 1. The first kappa shape index (κ1) is 12.6. The highest BCUT2D eigenvalue weighted by molar-refractivity contribution is 5.81. The summed E-state index contributed by atoms with van der Waals surface area (Å²) in [5.74, 6) is 0.579. The summed E-state index contributed by atoms with van der Waals surface area (Å²) in [5, 5.41) is 3.20. The summed E-state index contributed by atoms with van der Waals surface area (Å²) in [6, 6.07) is 6.36. The number of amides is 1. The van der Waals surface area contributed by atoms with Crippen molar-refractivity contribution in [3.8, 4) is 0 Å². The largest absolute Gasteiger partial charge is 0.352 e. The highest BCUT2D eigenvalue weighted by Crippen LogP contribution is 2.29. The number of hydrogen-bond acceptors (Lipinski definition) is 3. The molecule has 1 saturated heterocycles. The summed E-state index contributed by atoms with van der Waals surface area (Å²) in [4.78, 5) is 18.6. The minimum absolute atomic E-state index is 0.268. The lowest BCUT2D eigenvalue weighted by Crippen LogP contribution is -2.47. The molecule has 2 aliphatic rings. The molecule has 2 fully saturated rings. The zero-order valence-corrected chi connectivity index (χ0v) is 11.2. The number of pyridine rings is 1. The minimum atomic E-state index is 0.268. The lowest BCUT2D eigenvalue weighted by molar-refractivity contribution is -0.123. The van der Waals surface area contributed by atoms with Crippen molar-refractivity contribution in [1.82, 2.24) is 15.2 Å². The first-order chi connectivity index (χ1) is 9.31. The van der Waals surface area contributed by atoms with E-state index in [9.17, 15) is 4.79 Å². The third kappa shape index (κ3) is 3.53. The highest BCUT2D eigenvalue weighted by Gasteiger charge is 2.31. The van der Waals surface area contributed by atoms with Crippen LogP contribution in [0.1, 0.15) is 31.4 Å². The minimum Gasteiger partial charge on any atom is -0.352 e. The Morgan fingerprint density at radius 2 is 2.26 bits per heavy atom. The second-order valence-electron chi connectivity index (χ2n) is 5.68. The quantitative estimate of drug-likeness (QED) is 0.892. The Hall–Kier alpha value is -1.42. The molecular weight excluding hydrogens is 238 g/mol. The molecular formula is C15H21N3O. The van der Waals surface area contributed by atoms with E-state index < -0.39 is 0 Å². The number of aromatic nitrogens is 1. The third-order valence-electron chi connectivity index (χ3n) is 3.91. The van der Waals surface area contributed by atoms with Gasteiger partial charge in [-0.25, -0.2) is 0 Å². The van der Waals surface area contributed by atoms with Crippen LogP contribution in [0.5, 0.6) is 0 Å². The van der Waals surface area contributed by atoms with E-state index in [1.165, 1.54) is 0 Å². The monoisotopic (exact) mass is 259 g/mol. The number of piperidine rings is 1. The molecule has 0 spiro atoms. The van der Waals surface area contributed by atoms with Crippen molar-refractivity contribution in [2.75, 3.05) is 13.1 Å². The number of rotatable bonds is 4. The topological polar surface area (TPSA) is 45.2 Å². The molecule has 4 nitrogen and oxygen atoms in total. The van der Waals surface area contributed by atoms with Crippen molar-refractivity contribution in [3.63, 3.8) is 0 Å². The van der Waals surface area contributed by atoms with Crippen LogP contribution in [-0.4, -0.2) is 34.9 Å². The molecule has 4 heteroatoms. The van der Waals surface area contributed by atoms with Crippen molar-refractivity contribution >= 4 is 5.91 Å². The van der Waals surface area contributed by atoms with Gasteiger partial charge in [0.05, 0.1) is 5.69 Å². The first-order valence-corrected chi connectivity index (χ1v) is 7.24. The number of carbonyl (C=O) groups excluding carboxylic acids is 1. The fraction of sp³-hybridized carbons (Fsp3) is 0.600. The SMILES string of the molecule is O=C(NC1CCCN(Cc2ccccn2)C1)C1CC1. The summed E-state index contributed by atoms with van der Waals surface area (Å²) in [6.45, 7) is 2.94. The predicted octanol–water partition coefficient (Wildman–Crippen LogP) is 1.57. The lowest BCUT2D eigenvalue weighted by Gasteiger charge is -2.32. The van der Waals surface area contributed by atoms with E-state index in [2.05, 4.69) is 21.3 Å². The van der Waals surface area contributed by atoms with E-state index in [-0.39, 0.29) is 5.91 Å². The zero-order chi connectivity index (χ0) is 13.1. The Morgan fingerprint density at radius 1 is 1.37 bits per heavy atom. The number of likely N-dealkylation sites (tertiary alicyclic amines) is 1. The predicted molar refractivity (Wildman–Crippen MR) is 73.4 cm³/mol. The molecule has 1 aliphatic carbocycles. The van der Waals surface area contributed by atoms with Crippen LogP contribution in [0.25, 0.3) is 0 Å². The maximum Gasteiger partial charge on any atom is 0.223 e. The van der Waals surface area contributed by atoms with Crippen molar-refractivity contribution in [1.29, 1.82) is 0 Å². The summed E-state index contributed by atoms with van der Waals surface area (Å²) in [5.41, 5.74) is 1.11. The van der Waals surface area contributed by atoms with Crippen LogP contribution in [-0.2, 0) is 11.3 Å². The van der Waals surface area contributed by atoms with Crippen LogP contribution >= 0.6 is 0 Å². The molecule has 1 N–H and O–H groups in total. The molecule has 2 heterocycles. The van der Waals surface area contributed by atoms with Gasteiger partial charge in [-0.05, 0) is 44.4 Å². The van der Waals surface area contributed by atoms with Gasteiger partial charge in [0.1, 0.15) is 0 Å². The Labute approximate surface area is 114 Å². The first-order valence-electron chi connectivity index (χ1n) is 7.24. The van der Waals surface area contributed by atoms with E-state index in [0.29, 0.717) is 12.0 Å². The standard InChI is InChI=1S/C15H21N3O/c19-15(12-6-7-12)17-14-5-3-9-18(11-14)10-13-4-1-2-8-16-13/h1-2,4,8,12,14H,3,5-7,9-11H2,(H,17,19). The number of carbonyl (C=O) groups is 1. The molecule has 1 amide bonds. The van der Waals surface area contributed by atoms with Gasteiger partial charge in [0, 0.05) is 31.2 Å². The molecule has 0 aromatic carbocycles. The van der Waals surface area contributed by atoms with Crippen molar-refractivity contribution in [3.05, 3.63) is 30.1 Å². The van der Waals surface area contributed by atoms with E-state index in [1.54, 1.807) is 0 Å². The summed E-state index contributed by atoms with van der Waals surface area (Å²) in [7, 11) is 0. The van der Waals surface area contributed by atoms with E-state index in [0.717, 1.165) is 51.0 Å². The average Bonchev–Trinajstić information content (AvgIpc) is 3.24. The van der Waals surface area contributed by atoms with Crippen LogP contribution in [0.3, 0.4) is 0 Å². The van der Waals surface area contributed by atoms with Gasteiger partial charge in [-0.15, -0.1) is 0 Å². The van der Waals surface area contributed by atoms with Crippen LogP contribution in [0.15, 0.2) is 24.4 Å². The Kier molecular flexibility index (Phi) is 3.78. The summed E-state index contributed by atoms with van der Waals surface area (Å²) in [6.07, 6.45) is 6.26. The van der Waals surface area contributed by atoms with E-state index in [1.807, 2.05) is 18.3 Å². The molecule has 102 valence electrons. The zero-order valence-electron chi connectivity index (χ0n) is 11.2. The molecule has 0 bridgehead atoms. The highest BCUT2D eigenvalue weighted by atomic mass is 16.2. The summed E-state index contributed by atoms with van der Waals surface area (Å²) < 4.78 is 0. The number of nitrogens with zero attached hydrogens (tertiary/aromatic N) is 2. The van der Waals surface area contributed by atoms with Gasteiger partial charge in [0.25, 0.3) is 0 Å². The average molecular weight is 259 g/mol. The van der Waals surface area contributed by atoms with Crippen LogP contribution < -0.4 is 5.32 Å². The van der Waals surface area contributed by atoms with E-state index in [4.69, 9.17) is 0 Å². The molecule has 19 heavy (non-hydrogen) atoms. The maximum atomic E-state index is 11.8. The van der Waals surface area contributed by atoms with Crippen LogP contribution in [0, 0.1) is 5.92 Å². The van der Waals surface area contributed by atoms with Gasteiger partial charge in [0.15, 0.2) is 0 Å². The molecule has 1 aromatic rings. The van der Waals surface area contributed by atoms with Gasteiger partial charge < -0.3 is 5.32 Å². The van der Waals surface area contributed by atoms with Gasteiger partial charge >= 0.3 is 0 Å². The smallest absolute Gasteiger partial charge is 0.223 e. The van der Waals surface area contributed by atoms with Gasteiger partial charge in [-0.2, -0.15) is 0 Å². The van der Waals surface area contributed by atoms with Crippen molar-refractivity contribution in [2.24, 2.45) is 5.92 Å². The second kappa shape index (κ2) is 5.70. The third-order valence-corrected chi connectivity index (χ3v) is 3.91. The number of hydrogen-bond donors (Lipinski definition) is 1. The Balaban J connectivity index is 1.51. The molecule has 1 saturated carbocycles. The van der Waals surface area contributed by atoms with Crippen molar-refractivity contribution in [2.45, 2.75) is 38.3 Å². The summed E-state index contributed by atoms with van der Waals surface area (Å²) >= 11 is 0.